The first-order valence-corrected chi connectivity index (χ1v) is 7.18. The molecular formula is C14H19BrN2O2. The molecule has 5 heteroatoms. The molecule has 19 heavy (non-hydrogen) atoms. The van der Waals surface area contributed by atoms with Gasteiger partial charge in [0.15, 0.2) is 0 Å². The molecular weight excluding hydrogens is 308 g/mol. The van der Waals surface area contributed by atoms with Gasteiger partial charge in [0, 0.05) is 12.7 Å². The molecule has 1 aromatic heterocycles. The topological polar surface area (TPSA) is 42.4 Å². The SMILES string of the molecule is CC1CN(C(=O)OC(C)(C)C)Cc2cnc(Br)cc21. The van der Waals surface area contributed by atoms with Crippen LogP contribution in [0, 0.1) is 0 Å². The highest BCUT2D eigenvalue weighted by Crippen LogP contribution is 2.30. The molecule has 104 valence electrons. The minimum atomic E-state index is -0.460. The van der Waals surface area contributed by atoms with Gasteiger partial charge in [-0.2, -0.15) is 0 Å². The number of halogens is 1. The number of nitrogens with zero attached hydrogens (tertiary/aromatic N) is 2. The number of ether oxygens (including phenoxy) is 1. The third-order valence-corrected chi connectivity index (χ3v) is 3.46. The van der Waals surface area contributed by atoms with Crippen molar-refractivity contribution in [3.05, 3.63) is 28.0 Å². The fourth-order valence-corrected chi connectivity index (χ4v) is 2.58. The Morgan fingerprint density at radius 2 is 2.21 bits per heavy atom. The van der Waals surface area contributed by atoms with Crippen LogP contribution in [0.5, 0.6) is 0 Å². The second-order valence-corrected chi connectivity index (χ2v) is 6.78. The Morgan fingerprint density at radius 3 is 2.84 bits per heavy atom. The third kappa shape index (κ3) is 3.47. The molecule has 0 radical (unpaired) electrons. The summed E-state index contributed by atoms with van der Waals surface area (Å²) in [5.74, 6) is 0.288. The molecule has 0 bridgehead atoms. The predicted molar refractivity (Wildman–Crippen MR) is 77.0 cm³/mol. The maximum absolute atomic E-state index is 12.1. The van der Waals surface area contributed by atoms with E-state index in [0.29, 0.717) is 13.1 Å². The predicted octanol–water partition coefficient (Wildman–Crippen LogP) is 3.70. The van der Waals surface area contributed by atoms with E-state index in [-0.39, 0.29) is 12.0 Å². The van der Waals surface area contributed by atoms with Crippen molar-refractivity contribution >= 4 is 22.0 Å². The molecule has 0 aromatic carbocycles. The molecule has 1 atom stereocenters. The van der Waals surface area contributed by atoms with Crippen LogP contribution in [0.4, 0.5) is 4.79 Å². The standard InChI is InChI=1S/C14H19BrN2O2/c1-9-7-17(13(18)19-14(2,3)4)8-10-6-16-12(15)5-11(9)10/h5-6,9H,7-8H2,1-4H3. The Balaban J connectivity index is 2.17. The van der Waals surface area contributed by atoms with E-state index in [9.17, 15) is 4.79 Å². The molecule has 0 aliphatic carbocycles. The largest absolute Gasteiger partial charge is 0.444 e. The summed E-state index contributed by atoms with van der Waals surface area (Å²) in [6, 6.07) is 2.03. The Morgan fingerprint density at radius 1 is 1.53 bits per heavy atom. The van der Waals surface area contributed by atoms with E-state index in [4.69, 9.17) is 4.74 Å². The first-order chi connectivity index (χ1) is 8.76. The summed E-state index contributed by atoms with van der Waals surface area (Å²) < 4.78 is 6.26. The second-order valence-electron chi connectivity index (χ2n) is 5.97. The summed E-state index contributed by atoms with van der Waals surface area (Å²) in [6.45, 7) is 9.00. The summed E-state index contributed by atoms with van der Waals surface area (Å²) in [7, 11) is 0. The van der Waals surface area contributed by atoms with Gasteiger partial charge in [0.1, 0.15) is 10.2 Å². The van der Waals surface area contributed by atoms with Crippen LogP contribution in [-0.4, -0.2) is 28.1 Å². The van der Waals surface area contributed by atoms with E-state index in [2.05, 4.69) is 27.8 Å². The number of carbonyl (C=O) groups is 1. The number of aromatic nitrogens is 1. The Hall–Kier alpha value is -1.10. The van der Waals surface area contributed by atoms with Gasteiger partial charge >= 0.3 is 6.09 Å². The smallest absolute Gasteiger partial charge is 0.410 e. The van der Waals surface area contributed by atoms with Crippen molar-refractivity contribution in [2.45, 2.75) is 45.8 Å². The normalized spacial score (nSPS) is 19.0. The lowest BCUT2D eigenvalue weighted by Gasteiger charge is -2.34. The zero-order valence-corrected chi connectivity index (χ0v) is 13.3. The number of hydrogen-bond donors (Lipinski definition) is 0. The second kappa shape index (κ2) is 5.12. The van der Waals surface area contributed by atoms with Crippen LogP contribution in [0.1, 0.15) is 44.7 Å². The number of carbonyl (C=O) groups excluding carboxylic acids is 1. The molecule has 0 saturated heterocycles. The monoisotopic (exact) mass is 326 g/mol. The van der Waals surface area contributed by atoms with E-state index < -0.39 is 5.60 Å². The summed E-state index contributed by atoms with van der Waals surface area (Å²) in [4.78, 5) is 18.1. The van der Waals surface area contributed by atoms with Gasteiger partial charge in [0.25, 0.3) is 0 Å². The number of rotatable bonds is 0. The number of pyridine rings is 1. The van der Waals surface area contributed by atoms with Gasteiger partial charge < -0.3 is 9.64 Å². The maximum atomic E-state index is 12.1. The fraction of sp³-hybridized carbons (Fsp3) is 0.571. The Kier molecular flexibility index (Phi) is 3.85. The first kappa shape index (κ1) is 14.3. The molecule has 0 fully saturated rings. The van der Waals surface area contributed by atoms with E-state index in [1.54, 1.807) is 4.90 Å². The van der Waals surface area contributed by atoms with Crippen LogP contribution in [0.2, 0.25) is 0 Å². The first-order valence-electron chi connectivity index (χ1n) is 6.38. The molecule has 0 spiro atoms. The number of hydrogen-bond acceptors (Lipinski definition) is 3. The number of amides is 1. The van der Waals surface area contributed by atoms with Crippen molar-refractivity contribution in [2.75, 3.05) is 6.54 Å². The lowest BCUT2D eigenvalue weighted by Crippen LogP contribution is -2.41. The minimum Gasteiger partial charge on any atom is -0.444 e. The third-order valence-electron chi connectivity index (χ3n) is 3.03. The van der Waals surface area contributed by atoms with Gasteiger partial charge in [0.2, 0.25) is 0 Å². The van der Waals surface area contributed by atoms with Gasteiger partial charge in [-0.05, 0) is 59.8 Å². The molecule has 1 unspecified atom stereocenters. The minimum absolute atomic E-state index is 0.257. The fourth-order valence-electron chi connectivity index (χ4n) is 2.23. The average Bonchev–Trinajstić information content (AvgIpc) is 2.27. The van der Waals surface area contributed by atoms with Crippen LogP contribution in [0.3, 0.4) is 0 Å². The van der Waals surface area contributed by atoms with Gasteiger partial charge in [0.05, 0.1) is 6.54 Å². The molecule has 1 aromatic rings. The van der Waals surface area contributed by atoms with Gasteiger partial charge in [-0.3, -0.25) is 0 Å². The number of fused-ring (bicyclic) bond motifs is 1. The van der Waals surface area contributed by atoms with Crippen molar-refractivity contribution in [1.29, 1.82) is 0 Å². The van der Waals surface area contributed by atoms with Crippen molar-refractivity contribution < 1.29 is 9.53 Å². The van der Waals surface area contributed by atoms with E-state index in [1.165, 1.54) is 5.56 Å². The lowest BCUT2D eigenvalue weighted by atomic mass is 9.93. The van der Waals surface area contributed by atoms with E-state index >= 15 is 0 Å². The molecule has 4 nitrogen and oxygen atoms in total. The van der Waals surface area contributed by atoms with Crippen molar-refractivity contribution in [2.24, 2.45) is 0 Å². The van der Waals surface area contributed by atoms with Crippen LogP contribution in [0.15, 0.2) is 16.9 Å². The summed E-state index contributed by atoms with van der Waals surface area (Å²) in [5, 5.41) is 0. The van der Waals surface area contributed by atoms with Gasteiger partial charge in [-0.15, -0.1) is 0 Å². The van der Waals surface area contributed by atoms with Crippen molar-refractivity contribution in [1.82, 2.24) is 9.88 Å². The molecule has 1 aliphatic heterocycles. The van der Waals surface area contributed by atoms with E-state index in [0.717, 1.165) is 10.2 Å². The highest BCUT2D eigenvalue weighted by molar-refractivity contribution is 9.10. The van der Waals surface area contributed by atoms with Gasteiger partial charge in [-0.25, -0.2) is 9.78 Å². The summed E-state index contributed by atoms with van der Waals surface area (Å²) in [5.41, 5.74) is 1.88. The van der Waals surface area contributed by atoms with Crippen LogP contribution in [-0.2, 0) is 11.3 Å². The molecule has 0 saturated carbocycles. The quantitative estimate of drug-likeness (QED) is 0.683. The van der Waals surface area contributed by atoms with Crippen molar-refractivity contribution in [3.8, 4) is 0 Å². The van der Waals surface area contributed by atoms with Gasteiger partial charge in [-0.1, -0.05) is 6.92 Å². The Bertz CT molecular complexity index is 497. The van der Waals surface area contributed by atoms with Crippen LogP contribution >= 0.6 is 15.9 Å². The van der Waals surface area contributed by atoms with Crippen molar-refractivity contribution in [3.63, 3.8) is 0 Å². The average molecular weight is 327 g/mol. The molecule has 0 N–H and O–H groups in total. The lowest BCUT2D eigenvalue weighted by molar-refractivity contribution is 0.0208. The van der Waals surface area contributed by atoms with Crippen LogP contribution in [0.25, 0.3) is 0 Å². The van der Waals surface area contributed by atoms with Crippen LogP contribution < -0.4 is 0 Å². The molecule has 1 aliphatic rings. The Labute approximate surface area is 122 Å². The zero-order chi connectivity index (χ0) is 14.2. The highest BCUT2D eigenvalue weighted by atomic mass is 79.9. The molecule has 2 rings (SSSR count). The van der Waals surface area contributed by atoms with E-state index in [1.807, 2.05) is 33.0 Å². The zero-order valence-electron chi connectivity index (χ0n) is 11.7. The maximum Gasteiger partial charge on any atom is 0.410 e. The molecule has 2 heterocycles. The highest BCUT2D eigenvalue weighted by Gasteiger charge is 2.29. The molecule has 1 amide bonds. The summed E-state index contributed by atoms with van der Waals surface area (Å²) >= 11 is 3.39. The summed E-state index contributed by atoms with van der Waals surface area (Å²) in [6.07, 6.45) is 1.57.